The first-order valence-corrected chi connectivity index (χ1v) is 6.74. The minimum Gasteiger partial charge on any atom is -0.330 e. The van der Waals surface area contributed by atoms with Crippen molar-refractivity contribution in [3.63, 3.8) is 0 Å². The molecule has 4 nitrogen and oxygen atoms in total. The minimum absolute atomic E-state index is 0.0153. The molecule has 1 fully saturated rings. The maximum Gasteiger partial charge on any atom is 0.322 e. The summed E-state index contributed by atoms with van der Waals surface area (Å²) in [6.45, 7) is 3.04. The average Bonchev–Trinajstić information content (AvgIpc) is 2.42. The van der Waals surface area contributed by atoms with Gasteiger partial charge in [-0.3, -0.25) is 0 Å². The molecule has 0 spiro atoms. The average molecular weight is 283 g/mol. The number of carbonyl (C=O) groups is 1. The second kappa shape index (κ2) is 6.17. The maximum atomic E-state index is 13.5. The first kappa shape index (κ1) is 14.7. The summed E-state index contributed by atoms with van der Waals surface area (Å²) in [5.74, 6) is -1.18. The molecule has 0 saturated carbocycles. The van der Waals surface area contributed by atoms with Gasteiger partial charge in [0, 0.05) is 18.7 Å². The van der Waals surface area contributed by atoms with Crippen molar-refractivity contribution in [3.05, 3.63) is 29.8 Å². The van der Waals surface area contributed by atoms with Crippen molar-refractivity contribution < 1.29 is 13.6 Å². The highest BCUT2D eigenvalue weighted by molar-refractivity contribution is 5.89. The molecule has 0 aliphatic carbocycles. The van der Waals surface area contributed by atoms with Crippen molar-refractivity contribution in [2.24, 2.45) is 11.7 Å². The zero-order chi connectivity index (χ0) is 14.7. The lowest BCUT2D eigenvalue weighted by Crippen LogP contribution is -2.48. The number of hydrogen-bond donors (Lipinski definition) is 2. The van der Waals surface area contributed by atoms with Gasteiger partial charge in [0.1, 0.15) is 11.6 Å². The lowest BCUT2D eigenvalue weighted by Gasteiger charge is -2.37. The Balaban J connectivity index is 2.06. The Morgan fingerprint density at radius 2 is 2.20 bits per heavy atom. The molecule has 1 heterocycles. The van der Waals surface area contributed by atoms with Crippen molar-refractivity contribution >= 4 is 11.7 Å². The molecule has 0 radical (unpaired) electrons. The summed E-state index contributed by atoms with van der Waals surface area (Å²) in [5.41, 5.74) is 5.63. The number of amides is 2. The van der Waals surface area contributed by atoms with E-state index in [9.17, 15) is 13.6 Å². The van der Waals surface area contributed by atoms with Gasteiger partial charge in [0.2, 0.25) is 0 Å². The zero-order valence-corrected chi connectivity index (χ0v) is 11.4. The molecule has 1 aromatic carbocycles. The van der Waals surface area contributed by atoms with Crippen molar-refractivity contribution in [2.75, 3.05) is 18.4 Å². The first-order valence-electron chi connectivity index (χ1n) is 6.74. The highest BCUT2D eigenvalue weighted by Gasteiger charge is 2.28. The fourth-order valence-corrected chi connectivity index (χ4v) is 2.44. The molecule has 1 aliphatic rings. The Kier molecular flexibility index (Phi) is 4.54. The van der Waals surface area contributed by atoms with Crippen LogP contribution in [-0.4, -0.2) is 30.1 Å². The molecular weight excluding hydrogens is 264 g/mol. The molecule has 1 aromatic rings. The maximum absolute atomic E-state index is 13.5. The van der Waals surface area contributed by atoms with Gasteiger partial charge in [0.25, 0.3) is 0 Å². The monoisotopic (exact) mass is 283 g/mol. The predicted octanol–water partition coefficient (Wildman–Crippen LogP) is 2.56. The van der Waals surface area contributed by atoms with Crippen LogP contribution in [0.3, 0.4) is 0 Å². The zero-order valence-electron chi connectivity index (χ0n) is 11.4. The Morgan fingerprint density at radius 3 is 2.85 bits per heavy atom. The Bertz CT molecular complexity index is 495. The Labute approximate surface area is 116 Å². The fraction of sp³-hybridized carbons (Fsp3) is 0.500. The Morgan fingerprint density at radius 1 is 1.45 bits per heavy atom. The molecule has 20 heavy (non-hydrogen) atoms. The third-order valence-corrected chi connectivity index (χ3v) is 3.75. The van der Waals surface area contributed by atoms with Crippen molar-refractivity contribution in [2.45, 2.75) is 25.8 Å². The molecule has 1 saturated heterocycles. The lowest BCUT2D eigenvalue weighted by molar-refractivity contribution is 0.144. The van der Waals surface area contributed by atoms with Crippen LogP contribution in [0, 0.1) is 17.6 Å². The van der Waals surface area contributed by atoms with Gasteiger partial charge in [-0.15, -0.1) is 0 Å². The number of rotatable bonds is 2. The number of benzene rings is 1. The van der Waals surface area contributed by atoms with Gasteiger partial charge in [0.15, 0.2) is 0 Å². The van der Waals surface area contributed by atoms with Gasteiger partial charge < -0.3 is 16.0 Å². The molecule has 2 rings (SSSR count). The van der Waals surface area contributed by atoms with Crippen LogP contribution in [0.25, 0.3) is 0 Å². The topological polar surface area (TPSA) is 58.4 Å². The first-order chi connectivity index (χ1) is 9.51. The second-order valence-corrected chi connectivity index (χ2v) is 5.23. The van der Waals surface area contributed by atoms with Gasteiger partial charge >= 0.3 is 6.03 Å². The SMILES string of the molecule is CC1CCC(CN)CN1C(=O)Nc1ccc(F)cc1F. The molecule has 1 aliphatic heterocycles. The van der Waals surface area contributed by atoms with Gasteiger partial charge in [-0.2, -0.15) is 0 Å². The van der Waals surface area contributed by atoms with Crippen LogP contribution in [0.2, 0.25) is 0 Å². The second-order valence-electron chi connectivity index (χ2n) is 5.23. The van der Waals surface area contributed by atoms with E-state index < -0.39 is 11.6 Å². The number of likely N-dealkylation sites (tertiary alicyclic amines) is 1. The number of piperidine rings is 1. The van der Waals surface area contributed by atoms with Crippen LogP contribution in [0.1, 0.15) is 19.8 Å². The summed E-state index contributed by atoms with van der Waals surface area (Å²) in [5, 5.41) is 2.49. The summed E-state index contributed by atoms with van der Waals surface area (Å²) in [6.07, 6.45) is 1.87. The predicted molar refractivity (Wildman–Crippen MR) is 73.3 cm³/mol. The number of nitrogens with zero attached hydrogens (tertiary/aromatic N) is 1. The summed E-state index contributed by atoms with van der Waals surface area (Å²) < 4.78 is 26.3. The number of halogens is 2. The van der Waals surface area contributed by atoms with E-state index in [-0.39, 0.29) is 23.7 Å². The summed E-state index contributed by atoms with van der Waals surface area (Å²) in [6, 6.07) is 2.79. The summed E-state index contributed by atoms with van der Waals surface area (Å²) in [7, 11) is 0. The highest BCUT2D eigenvalue weighted by atomic mass is 19.1. The number of nitrogens with two attached hydrogens (primary N) is 1. The molecule has 2 unspecified atom stereocenters. The molecular formula is C14H19F2N3O. The third kappa shape index (κ3) is 3.25. The Hall–Kier alpha value is -1.69. The van der Waals surface area contributed by atoms with E-state index in [1.54, 1.807) is 4.90 Å². The van der Waals surface area contributed by atoms with Crippen LogP contribution in [0.5, 0.6) is 0 Å². The van der Waals surface area contributed by atoms with E-state index in [2.05, 4.69) is 5.32 Å². The van der Waals surface area contributed by atoms with E-state index in [0.29, 0.717) is 13.1 Å². The number of carbonyl (C=O) groups excluding carboxylic acids is 1. The quantitative estimate of drug-likeness (QED) is 0.876. The van der Waals surface area contributed by atoms with Crippen LogP contribution in [0.4, 0.5) is 19.3 Å². The smallest absolute Gasteiger partial charge is 0.322 e. The van der Waals surface area contributed by atoms with E-state index in [4.69, 9.17) is 5.73 Å². The van der Waals surface area contributed by atoms with E-state index in [1.165, 1.54) is 6.07 Å². The van der Waals surface area contributed by atoms with E-state index in [1.807, 2.05) is 6.92 Å². The third-order valence-electron chi connectivity index (χ3n) is 3.75. The highest BCUT2D eigenvalue weighted by Crippen LogP contribution is 2.23. The molecule has 0 aromatic heterocycles. The largest absolute Gasteiger partial charge is 0.330 e. The molecule has 2 amide bonds. The summed E-state index contributed by atoms with van der Waals surface area (Å²) >= 11 is 0. The van der Waals surface area contributed by atoms with E-state index >= 15 is 0 Å². The molecule has 6 heteroatoms. The molecule has 2 atom stereocenters. The number of anilines is 1. The molecule has 3 N–H and O–H groups in total. The van der Waals surface area contributed by atoms with Crippen molar-refractivity contribution in [1.82, 2.24) is 4.90 Å². The van der Waals surface area contributed by atoms with Gasteiger partial charge in [-0.05, 0) is 44.4 Å². The van der Waals surface area contributed by atoms with Crippen molar-refractivity contribution in [3.8, 4) is 0 Å². The fourth-order valence-electron chi connectivity index (χ4n) is 2.44. The van der Waals surface area contributed by atoms with Crippen LogP contribution in [0.15, 0.2) is 18.2 Å². The minimum atomic E-state index is -0.779. The van der Waals surface area contributed by atoms with E-state index in [0.717, 1.165) is 25.0 Å². The normalized spacial score (nSPS) is 22.7. The number of nitrogens with one attached hydrogen (secondary N) is 1. The molecule has 0 bridgehead atoms. The van der Waals surface area contributed by atoms with Crippen LogP contribution in [-0.2, 0) is 0 Å². The number of urea groups is 1. The van der Waals surface area contributed by atoms with Crippen LogP contribution < -0.4 is 11.1 Å². The lowest BCUT2D eigenvalue weighted by atomic mass is 9.94. The molecule has 110 valence electrons. The van der Waals surface area contributed by atoms with Crippen molar-refractivity contribution in [1.29, 1.82) is 0 Å². The summed E-state index contributed by atoms with van der Waals surface area (Å²) in [4.78, 5) is 13.8. The standard InChI is InChI=1S/C14H19F2N3O/c1-9-2-3-10(7-17)8-19(9)14(20)18-13-5-4-11(15)6-12(13)16/h4-6,9-10H,2-3,7-8,17H2,1H3,(H,18,20). The van der Waals surface area contributed by atoms with Gasteiger partial charge in [-0.25, -0.2) is 13.6 Å². The van der Waals surface area contributed by atoms with Gasteiger partial charge in [0.05, 0.1) is 5.69 Å². The van der Waals surface area contributed by atoms with Gasteiger partial charge in [-0.1, -0.05) is 0 Å². The number of hydrogen-bond acceptors (Lipinski definition) is 2. The van der Waals surface area contributed by atoms with Crippen LogP contribution >= 0.6 is 0 Å².